The number of hydrogen-bond acceptors (Lipinski definition) is 4. The summed E-state index contributed by atoms with van der Waals surface area (Å²) in [4.78, 5) is 17.9. The van der Waals surface area contributed by atoms with E-state index in [2.05, 4.69) is 21.8 Å². The summed E-state index contributed by atoms with van der Waals surface area (Å²) < 4.78 is 15.8. The van der Waals surface area contributed by atoms with Gasteiger partial charge in [-0.2, -0.15) is 0 Å². The first kappa shape index (κ1) is 21.6. The predicted molar refractivity (Wildman–Crippen MR) is 127 cm³/mol. The smallest absolute Gasteiger partial charge is 0.254 e. The quantitative estimate of drug-likeness (QED) is 0.566. The fourth-order valence-corrected chi connectivity index (χ4v) is 4.62. The minimum absolute atomic E-state index is 0.0180. The highest BCUT2D eigenvalue weighted by Crippen LogP contribution is 2.23. The SMILES string of the molecule is Cc1ccc([S+]([O-])Nc2ccc(Cl)cc2)cc1C(=O)N1CCN(c2ccccc2)CC1. The molecule has 1 aliphatic rings. The average Bonchev–Trinajstić information content (AvgIpc) is 2.81. The molecular formula is C24H24ClN3O2S. The third-order valence-corrected chi connectivity index (χ3v) is 6.75. The van der Waals surface area contributed by atoms with Crippen LogP contribution in [-0.2, 0) is 11.4 Å². The van der Waals surface area contributed by atoms with Gasteiger partial charge in [0.15, 0.2) is 4.90 Å². The Balaban J connectivity index is 1.44. The van der Waals surface area contributed by atoms with E-state index >= 15 is 0 Å². The molecule has 1 atom stereocenters. The molecule has 1 saturated heterocycles. The van der Waals surface area contributed by atoms with Gasteiger partial charge < -0.3 is 14.4 Å². The molecule has 4 rings (SSSR count). The van der Waals surface area contributed by atoms with Crippen LogP contribution in [0.2, 0.25) is 5.02 Å². The second-order valence-electron chi connectivity index (χ2n) is 7.47. The van der Waals surface area contributed by atoms with Gasteiger partial charge in [-0.15, -0.1) is 0 Å². The first-order valence-corrected chi connectivity index (χ1v) is 11.7. The van der Waals surface area contributed by atoms with E-state index in [4.69, 9.17) is 11.6 Å². The van der Waals surface area contributed by atoms with Crippen LogP contribution in [0.5, 0.6) is 0 Å². The number of aryl methyl sites for hydroxylation is 1. The molecule has 31 heavy (non-hydrogen) atoms. The molecule has 0 bridgehead atoms. The van der Waals surface area contributed by atoms with Gasteiger partial charge in [0.25, 0.3) is 5.91 Å². The zero-order valence-electron chi connectivity index (χ0n) is 17.3. The number of halogens is 1. The number of benzene rings is 3. The van der Waals surface area contributed by atoms with E-state index in [1.54, 1.807) is 36.4 Å². The number of rotatable bonds is 5. The zero-order chi connectivity index (χ0) is 21.8. The monoisotopic (exact) mass is 453 g/mol. The van der Waals surface area contributed by atoms with Crippen LogP contribution in [-0.4, -0.2) is 41.5 Å². The maximum absolute atomic E-state index is 13.2. The molecule has 1 N–H and O–H groups in total. The molecule has 0 aliphatic carbocycles. The maximum Gasteiger partial charge on any atom is 0.254 e. The summed E-state index contributed by atoms with van der Waals surface area (Å²) in [5.41, 5.74) is 3.35. The van der Waals surface area contributed by atoms with E-state index in [0.29, 0.717) is 34.3 Å². The van der Waals surface area contributed by atoms with Crippen LogP contribution in [0.25, 0.3) is 0 Å². The van der Waals surface area contributed by atoms with Gasteiger partial charge in [-0.1, -0.05) is 35.9 Å². The van der Waals surface area contributed by atoms with E-state index < -0.39 is 11.4 Å². The van der Waals surface area contributed by atoms with Crippen molar-refractivity contribution >= 4 is 40.2 Å². The van der Waals surface area contributed by atoms with Gasteiger partial charge in [0.1, 0.15) is 11.4 Å². The Hall–Kier alpha value is -2.67. The Morgan fingerprint density at radius 3 is 2.32 bits per heavy atom. The molecule has 7 heteroatoms. The van der Waals surface area contributed by atoms with Crippen molar-refractivity contribution < 1.29 is 9.35 Å². The summed E-state index contributed by atoms with van der Waals surface area (Å²) in [7, 11) is 0. The molecule has 0 radical (unpaired) electrons. The molecule has 1 aliphatic heterocycles. The van der Waals surface area contributed by atoms with Crippen molar-refractivity contribution in [3.63, 3.8) is 0 Å². The summed E-state index contributed by atoms with van der Waals surface area (Å²) in [6.45, 7) is 4.80. The minimum atomic E-state index is -1.48. The third-order valence-electron chi connectivity index (χ3n) is 5.40. The van der Waals surface area contributed by atoms with Crippen molar-refractivity contribution in [3.05, 3.63) is 88.9 Å². The number of anilines is 2. The number of nitrogens with one attached hydrogen (secondary N) is 1. The van der Waals surface area contributed by atoms with Crippen molar-refractivity contribution in [1.29, 1.82) is 0 Å². The van der Waals surface area contributed by atoms with Crippen LogP contribution in [0.3, 0.4) is 0 Å². The van der Waals surface area contributed by atoms with Crippen molar-refractivity contribution in [2.24, 2.45) is 0 Å². The van der Waals surface area contributed by atoms with E-state index in [0.717, 1.165) is 18.7 Å². The van der Waals surface area contributed by atoms with Gasteiger partial charge in [0.05, 0.1) is 5.69 Å². The lowest BCUT2D eigenvalue weighted by molar-refractivity contribution is 0.0746. The minimum Gasteiger partial charge on any atom is -0.588 e. The van der Waals surface area contributed by atoms with Gasteiger partial charge in [-0.25, -0.2) is 4.72 Å². The summed E-state index contributed by atoms with van der Waals surface area (Å²) in [5, 5.41) is 0.618. The molecule has 1 unspecified atom stereocenters. The van der Waals surface area contributed by atoms with E-state index in [1.165, 1.54) is 5.69 Å². The van der Waals surface area contributed by atoms with Crippen LogP contribution in [0, 0.1) is 6.92 Å². The van der Waals surface area contributed by atoms with Crippen molar-refractivity contribution in [1.82, 2.24) is 4.90 Å². The second kappa shape index (κ2) is 9.64. The highest BCUT2D eigenvalue weighted by Gasteiger charge is 2.25. The van der Waals surface area contributed by atoms with Gasteiger partial charge in [0.2, 0.25) is 0 Å². The van der Waals surface area contributed by atoms with Crippen LogP contribution in [0.1, 0.15) is 15.9 Å². The topological polar surface area (TPSA) is 58.6 Å². The summed E-state index contributed by atoms with van der Waals surface area (Å²) in [6, 6.07) is 22.6. The van der Waals surface area contributed by atoms with E-state index in [-0.39, 0.29) is 5.91 Å². The molecule has 1 fully saturated rings. The maximum atomic E-state index is 13.2. The van der Waals surface area contributed by atoms with Gasteiger partial charge in [-0.3, -0.25) is 4.79 Å². The molecule has 1 amide bonds. The van der Waals surface area contributed by atoms with E-state index in [1.807, 2.05) is 36.1 Å². The molecule has 3 aromatic rings. The lowest BCUT2D eigenvalue weighted by Crippen LogP contribution is -2.49. The van der Waals surface area contributed by atoms with Crippen LogP contribution < -0.4 is 9.62 Å². The summed E-state index contributed by atoms with van der Waals surface area (Å²) in [5.74, 6) is -0.0180. The number of hydrogen-bond donors (Lipinski definition) is 1. The third kappa shape index (κ3) is 5.15. The number of amides is 1. The first-order valence-electron chi connectivity index (χ1n) is 10.2. The predicted octanol–water partition coefficient (Wildman–Crippen LogP) is 4.75. The standard InChI is InChI=1S/C24H24ClN3O2S/c1-18-7-12-22(31(30)26-20-10-8-19(25)9-11-20)17-23(18)24(29)28-15-13-27(14-16-28)21-5-3-2-4-6-21/h2-12,17,26H,13-16H2,1H3. The lowest BCUT2D eigenvalue weighted by Gasteiger charge is -2.36. The van der Waals surface area contributed by atoms with Crippen LogP contribution >= 0.6 is 11.6 Å². The Morgan fingerprint density at radius 1 is 0.968 bits per heavy atom. The normalized spacial score (nSPS) is 14.9. The fraction of sp³-hybridized carbons (Fsp3) is 0.208. The summed E-state index contributed by atoms with van der Waals surface area (Å²) in [6.07, 6.45) is 0. The number of para-hydroxylation sites is 1. The molecule has 160 valence electrons. The highest BCUT2D eigenvalue weighted by atomic mass is 35.5. The van der Waals surface area contributed by atoms with Crippen LogP contribution in [0.15, 0.2) is 77.7 Å². The van der Waals surface area contributed by atoms with Crippen molar-refractivity contribution in [2.45, 2.75) is 11.8 Å². The number of carbonyl (C=O) groups is 1. The molecule has 0 aromatic heterocycles. The molecular weight excluding hydrogens is 430 g/mol. The van der Waals surface area contributed by atoms with Gasteiger partial charge >= 0.3 is 0 Å². The number of nitrogens with zero attached hydrogens (tertiary/aromatic N) is 2. The van der Waals surface area contributed by atoms with Crippen molar-refractivity contribution in [3.8, 4) is 0 Å². The molecule has 0 saturated carbocycles. The Labute approximate surface area is 190 Å². The number of piperazine rings is 1. The molecule has 5 nitrogen and oxygen atoms in total. The first-order chi connectivity index (χ1) is 15.0. The Bertz CT molecular complexity index is 1040. The zero-order valence-corrected chi connectivity index (χ0v) is 18.8. The molecule has 0 spiro atoms. The highest BCUT2D eigenvalue weighted by molar-refractivity contribution is 7.92. The number of carbonyl (C=O) groups excluding carboxylic acids is 1. The summed E-state index contributed by atoms with van der Waals surface area (Å²) >= 11 is 4.42. The van der Waals surface area contributed by atoms with Gasteiger partial charge in [-0.05, 0) is 55.0 Å². The van der Waals surface area contributed by atoms with E-state index in [9.17, 15) is 9.35 Å². The van der Waals surface area contributed by atoms with Gasteiger partial charge in [0, 0.05) is 48.5 Å². The van der Waals surface area contributed by atoms with Crippen molar-refractivity contribution in [2.75, 3.05) is 35.8 Å². The Kier molecular flexibility index (Phi) is 6.70. The second-order valence-corrected chi connectivity index (χ2v) is 9.12. The Morgan fingerprint density at radius 2 is 1.65 bits per heavy atom. The average molecular weight is 454 g/mol. The molecule has 1 heterocycles. The molecule has 3 aromatic carbocycles. The lowest BCUT2D eigenvalue weighted by atomic mass is 10.1. The fourth-order valence-electron chi connectivity index (χ4n) is 3.61. The largest absolute Gasteiger partial charge is 0.588 e. The van der Waals surface area contributed by atoms with Crippen LogP contribution in [0.4, 0.5) is 11.4 Å².